The summed E-state index contributed by atoms with van der Waals surface area (Å²) in [5, 5.41) is 10.5. The van der Waals surface area contributed by atoms with Crippen LogP contribution in [-0.2, 0) is 22.8 Å². The van der Waals surface area contributed by atoms with Crippen molar-refractivity contribution in [1.82, 2.24) is 34.1 Å². The van der Waals surface area contributed by atoms with Gasteiger partial charge in [0.05, 0.1) is 41.1 Å². The number of hydrogen-bond acceptors (Lipinski definition) is 9. The SMILES string of the molecule is COc1cc2nn([C@H]3C[C@H](CN(C)C4CCN(c5cccc6c5n(C)c(=O)n6C5CCC(=O)NC5=O)CC4)C3)cc2cc1NC(=O)c1cccc(C(F)(F)F)n1. The molecule has 3 amide bonds. The molecule has 56 heavy (non-hydrogen) atoms. The number of alkyl halides is 3. The molecule has 2 aromatic carbocycles. The van der Waals surface area contributed by atoms with Crippen molar-refractivity contribution in [3.05, 3.63) is 76.6 Å². The van der Waals surface area contributed by atoms with E-state index in [9.17, 15) is 32.3 Å². The molecule has 3 fully saturated rings. The van der Waals surface area contributed by atoms with E-state index in [-0.39, 0.29) is 29.8 Å². The lowest BCUT2D eigenvalue weighted by Gasteiger charge is -2.42. The zero-order valence-electron chi connectivity index (χ0n) is 31.2. The molecule has 1 saturated carbocycles. The number of imidazole rings is 1. The molecule has 17 heteroatoms. The number of halogens is 3. The predicted molar refractivity (Wildman–Crippen MR) is 202 cm³/mol. The molecule has 0 bridgehead atoms. The van der Waals surface area contributed by atoms with Crippen LogP contribution in [0.5, 0.6) is 5.75 Å². The molecule has 2 aliphatic heterocycles. The third-order valence-electron chi connectivity index (χ3n) is 11.5. The summed E-state index contributed by atoms with van der Waals surface area (Å²) in [7, 11) is 5.35. The molecule has 0 spiro atoms. The van der Waals surface area contributed by atoms with Gasteiger partial charge in [0, 0.05) is 56.8 Å². The van der Waals surface area contributed by atoms with Gasteiger partial charge in [-0.2, -0.15) is 18.3 Å². The largest absolute Gasteiger partial charge is 0.494 e. The molecule has 8 rings (SSSR count). The number of piperidine rings is 2. The van der Waals surface area contributed by atoms with Gasteiger partial charge < -0.3 is 19.9 Å². The number of carbonyl (C=O) groups excluding carboxylic acids is 3. The van der Waals surface area contributed by atoms with Gasteiger partial charge in [-0.1, -0.05) is 12.1 Å². The smallest absolute Gasteiger partial charge is 0.433 e. The number of rotatable bonds is 9. The van der Waals surface area contributed by atoms with E-state index >= 15 is 0 Å². The van der Waals surface area contributed by atoms with Crippen molar-refractivity contribution in [2.45, 2.75) is 62.8 Å². The maximum atomic E-state index is 13.4. The zero-order chi connectivity index (χ0) is 39.5. The van der Waals surface area contributed by atoms with E-state index in [1.54, 1.807) is 23.7 Å². The van der Waals surface area contributed by atoms with E-state index in [2.05, 4.69) is 32.5 Å². The van der Waals surface area contributed by atoms with Crippen molar-refractivity contribution in [2.75, 3.05) is 44.0 Å². The fourth-order valence-corrected chi connectivity index (χ4v) is 8.50. The van der Waals surface area contributed by atoms with Gasteiger partial charge in [-0.3, -0.25) is 33.5 Å². The average Bonchev–Trinajstić information content (AvgIpc) is 3.68. The van der Waals surface area contributed by atoms with E-state index in [1.165, 1.54) is 17.7 Å². The number of amides is 3. The number of benzene rings is 2. The van der Waals surface area contributed by atoms with Gasteiger partial charge in [-0.05, 0) is 75.4 Å². The van der Waals surface area contributed by atoms with Crippen LogP contribution < -0.4 is 26.0 Å². The van der Waals surface area contributed by atoms with Gasteiger partial charge in [0.25, 0.3) is 5.91 Å². The number of carbonyl (C=O) groups is 3. The van der Waals surface area contributed by atoms with Gasteiger partial charge in [0.1, 0.15) is 23.2 Å². The summed E-state index contributed by atoms with van der Waals surface area (Å²) in [4.78, 5) is 59.0. The Hall–Kier alpha value is -5.71. The molecule has 5 aromatic rings. The summed E-state index contributed by atoms with van der Waals surface area (Å²) >= 11 is 0. The number of ether oxygens (including phenoxy) is 1. The summed E-state index contributed by atoms with van der Waals surface area (Å²) < 4.78 is 50.0. The fourth-order valence-electron chi connectivity index (χ4n) is 8.50. The van der Waals surface area contributed by atoms with Crippen LogP contribution in [0, 0.1) is 5.92 Å². The van der Waals surface area contributed by atoms with E-state index in [0.717, 1.165) is 74.0 Å². The van der Waals surface area contributed by atoms with E-state index < -0.39 is 29.7 Å². The highest BCUT2D eigenvalue weighted by molar-refractivity contribution is 6.05. The number of nitrogens with zero attached hydrogens (tertiary/aromatic N) is 7. The van der Waals surface area contributed by atoms with Crippen molar-refractivity contribution in [3.63, 3.8) is 0 Å². The van der Waals surface area contributed by atoms with Crippen molar-refractivity contribution in [1.29, 1.82) is 0 Å². The summed E-state index contributed by atoms with van der Waals surface area (Å²) in [6.45, 7) is 2.59. The van der Waals surface area contributed by atoms with Gasteiger partial charge >= 0.3 is 11.9 Å². The van der Waals surface area contributed by atoms with Crippen molar-refractivity contribution in [3.8, 4) is 5.75 Å². The number of aryl methyl sites for hydroxylation is 1. The molecule has 14 nitrogen and oxygen atoms in total. The molecule has 294 valence electrons. The lowest BCUT2D eigenvalue weighted by atomic mass is 9.79. The Balaban J connectivity index is 0.875. The number of aromatic nitrogens is 5. The van der Waals surface area contributed by atoms with Gasteiger partial charge in [0.2, 0.25) is 11.8 Å². The van der Waals surface area contributed by atoms with Crippen molar-refractivity contribution >= 4 is 51.0 Å². The summed E-state index contributed by atoms with van der Waals surface area (Å²) in [5.41, 5.74) is 1.62. The highest BCUT2D eigenvalue weighted by Gasteiger charge is 2.36. The molecule has 1 unspecified atom stereocenters. The lowest BCUT2D eigenvalue weighted by Crippen LogP contribution is -2.46. The molecule has 0 radical (unpaired) electrons. The van der Waals surface area contributed by atoms with Crippen LogP contribution in [0.1, 0.15) is 66.8 Å². The molecule has 2 saturated heterocycles. The second kappa shape index (κ2) is 14.4. The molecule has 3 aliphatic rings. The van der Waals surface area contributed by atoms with E-state index in [0.29, 0.717) is 40.9 Å². The molecule has 2 N–H and O–H groups in total. The quantitative estimate of drug-likeness (QED) is 0.200. The Morgan fingerprint density at radius 1 is 1.05 bits per heavy atom. The maximum Gasteiger partial charge on any atom is 0.433 e. The third kappa shape index (κ3) is 6.88. The first-order chi connectivity index (χ1) is 26.8. The number of hydrogen-bond donors (Lipinski definition) is 2. The van der Waals surface area contributed by atoms with Crippen molar-refractivity contribution in [2.24, 2.45) is 13.0 Å². The normalized spacial score (nSPS) is 20.8. The fraction of sp³-hybridized carbons (Fsp3) is 0.436. The Labute approximate surface area is 319 Å². The number of nitrogens with one attached hydrogen (secondary N) is 2. The van der Waals surface area contributed by atoms with Crippen molar-refractivity contribution < 1.29 is 32.3 Å². The maximum absolute atomic E-state index is 13.4. The predicted octanol–water partition coefficient (Wildman–Crippen LogP) is 4.89. The number of anilines is 2. The zero-order valence-corrected chi connectivity index (χ0v) is 31.2. The molecule has 3 aromatic heterocycles. The Kier molecular flexibility index (Phi) is 9.58. The summed E-state index contributed by atoms with van der Waals surface area (Å²) in [6.07, 6.45) is 1.56. The highest BCUT2D eigenvalue weighted by atomic mass is 19.4. The molecular formula is C39H42F3N9O5. The average molecular weight is 774 g/mol. The molecule has 1 atom stereocenters. The Bertz CT molecular complexity index is 2410. The van der Waals surface area contributed by atoms with Gasteiger partial charge in [0.15, 0.2) is 0 Å². The third-order valence-corrected chi connectivity index (χ3v) is 11.5. The minimum Gasteiger partial charge on any atom is -0.494 e. The summed E-state index contributed by atoms with van der Waals surface area (Å²) in [5.74, 6) is -0.731. The second-order valence-electron chi connectivity index (χ2n) is 15.1. The van der Waals surface area contributed by atoms with Crippen LogP contribution >= 0.6 is 0 Å². The Morgan fingerprint density at radius 3 is 2.52 bits per heavy atom. The first kappa shape index (κ1) is 37.2. The lowest BCUT2D eigenvalue weighted by molar-refractivity contribution is -0.141. The van der Waals surface area contributed by atoms with Crippen LogP contribution in [-0.4, -0.2) is 86.4 Å². The standard InChI is InChI=1S/C39H42F3N9O5/c1-47(24-12-14-49(15-13-24)29-7-5-8-30-35(29)48(2)38(55)51(30)31-10-11-34(52)45-37(31)54)20-22-16-25(17-22)50-21-23-18-28(32(56-3)19-27(23)46-50)44-36(53)26-6-4-9-33(43-26)39(40,41)42/h4-9,18-19,21-22,24-25,31H,10-17,20H2,1-3H3,(H,44,53)(H,45,52,54)/t22-,25-,31?. The Morgan fingerprint density at radius 2 is 1.80 bits per heavy atom. The van der Waals surface area contributed by atoms with Crippen LogP contribution in [0.25, 0.3) is 21.9 Å². The molecule has 5 heterocycles. The number of imide groups is 1. The molecular weight excluding hydrogens is 731 g/mol. The number of methoxy groups -OCH3 is 1. The van der Waals surface area contributed by atoms with Gasteiger partial charge in [-0.25, -0.2) is 9.78 Å². The van der Waals surface area contributed by atoms with E-state index in [4.69, 9.17) is 9.84 Å². The number of fused-ring (bicyclic) bond motifs is 2. The van der Waals surface area contributed by atoms with Crippen LogP contribution in [0.4, 0.5) is 24.5 Å². The van der Waals surface area contributed by atoms with Crippen LogP contribution in [0.3, 0.4) is 0 Å². The monoisotopic (exact) mass is 773 g/mol. The minimum atomic E-state index is -4.67. The highest BCUT2D eigenvalue weighted by Crippen LogP contribution is 2.40. The van der Waals surface area contributed by atoms with Gasteiger partial charge in [-0.15, -0.1) is 0 Å². The van der Waals surface area contributed by atoms with Crippen LogP contribution in [0.15, 0.2) is 59.5 Å². The topological polar surface area (TPSA) is 149 Å². The molecule has 1 aliphatic carbocycles. The summed E-state index contributed by atoms with van der Waals surface area (Å²) in [6, 6.07) is 12.3. The number of pyridine rings is 1. The first-order valence-electron chi connectivity index (χ1n) is 18.7. The van der Waals surface area contributed by atoms with Crippen LogP contribution in [0.2, 0.25) is 0 Å². The second-order valence-corrected chi connectivity index (χ2v) is 15.1. The minimum absolute atomic E-state index is 0.193. The first-order valence-corrected chi connectivity index (χ1v) is 18.7. The van der Waals surface area contributed by atoms with E-state index in [1.807, 2.05) is 29.1 Å². The number of para-hydroxylation sites is 1.